The Morgan fingerprint density at radius 3 is 2.71 bits per heavy atom. The second-order valence-electron chi connectivity index (χ2n) is 3.43. The second kappa shape index (κ2) is 3.56. The van der Waals surface area contributed by atoms with Gasteiger partial charge < -0.3 is 24.4 Å². The molecule has 2 heterocycles. The van der Waals surface area contributed by atoms with E-state index in [1.54, 1.807) is 0 Å². The maximum Gasteiger partial charge on any atom is 0.218 e. The van der Waals surface area contributed by atoms with Crippen LogP contribution in [0.1, 0.15) is 6.92 Å². The molecule has 0 aromatic carbocycles. The largest absolute Gasteiger partial charge is 0.385 e. The molecule has 80 valence electrons. The predicted molar refractivity (Wildman–Crippen MR) is 42.2 cm³/mol. The molecule has 2 N–H and O–H groups in total. The first-order chi connectivity index (χ1) is 6.59. The Hall–Kier alpha value is -0.530. The van der Waals surface area contributed by atoms with E-state index < -0.39 is 30.9 Å². The summed E-state index contributed by atoms with van der Waals surface area (Å²) in [7, 11) is 0. The van der Waals surface area contributed by atoms with Crippen molar-refractivity contribution in [1.82, 2.24) is 0 Å². The summed E-state index contributed by atoms with van der Waals surface area (Å²) in [5.41, 5.74) is 0. The van der Waals surface area contributed by atoms with Gasteiger partial charge in [-0.3, -0.25) is 4.79 Å². The van der Waals surface area contributed by atoms with Crippen LogP contribution in [0.3, 0.4) is 0 Å². The van der Waals surface area contributed by atoms with Crippen LogP contribution in [0.25, 0.3) is 0 Å². The Morgan fingerprint density at radius 2 is 2.07 bits per heavy atom. The maximum absolute atomic E-state index is 10.9. The van der Waals surface area contributed by atoms with Crippen molar-refractivity contribution >= 4 is 5.78 Å². The van der Waals surface area contributed by atoms with Gasteiger partial charge in [-0.05, 0) is 6.92 Å². The van der Waals surface area contributed by atoms with Gasteiger partial charge in [0, 0.05) is 0 Å². The normalized spacial score (nSPS) is 47.5. The van der Waals surface area contributed by atoms with Crippen molar-refractivity contribution in [3.8, 4) is 0 Å². The molecule has 5 unspecified atom stereocenters. The Bertz CT molecular complexity index is 242. The highest BCUT2D eigenvalue weighted by atomic mass is 16.8. The molecule has 2 aliphatic heterocycles. The van der Waals surface area contributed by atoms with Gasteiger partial charge in [-0.25, -0.2) is 0 Å². The van der Waals surface area contributed by atoms with Crippen LogP contribution in [-0.4, -0.2) is 53.5 Å². The fourth-order valence-corrected chi connectivity index (χ4v) is 1.58. The molecule has 0 aromatic heterocycles. The fraction of sp³-hybridized carbons (Fsp3) is 0.875. The van der Waals surface area contributed by atoms with Gasteiger partial charge in [0.25, 0.3) is 0 Å². The van der Waals surface area contributed by atoms with Gasteiger partial charge in [0.1, 0.15) is 18.3 Å². The number of hydrogen-bond donors (Lipinski definition) is 2. The Morgan fingerprint density at radius 1 is 1.36 bits per heavy atom. The number of aliphatic hydroxyl groups excluding tert-OH is 2. The standard InChI is InChI=1S/C8H12O6/c1-3(9)8-13-4-2-12-7(11)5(10)6(4)14-8/h4-8,10-11H,2H2,1H3. The zero-order chi connectivity index (χ0) is 10.3. The molecule has 14 heavy (non-hydrogen) atoms. The molecule has 0 aromatic rings. The van der Waals surface area contributed by atoms with Crippen LogP contribution < -0.4 is 0 Å². The quantitative estimate of drug-likeness (QED) is 0.534. The van der Waals surface area contributed by atoms with Crippen LogP contribution >= 0.6 is 0 Å². The summed E-state index contributed by atoms with van der Waals surface area (Å²) in [6, 6.07) is 0. The number of ether oxygens (including phenoxy) is 3. The van der Waals surface area contributed by atoms with Gasteiger partial charge >= 0.3 is 0 Å². The van der Waals surface area contributed by atoms with Crippen LogP contribution in [0.2, 0.25) is 0 Å². The number of hydrogen-bond acceptors (Lipinski definition) is 6. The summed E-state index contributed by atoms with van der Waals surface area (Å²) in [4.78, 5) is 10.9. The minimum absolute atomic E-state index is 0.118. The Kier molecular flexibility index (Phi) is 2.54. The number of Topliss-reactive ketones (excluding diaryl/α,β-unsaturated/α-hetero) is 1. The molecule has 6 nitrogen and oxygen atoms in total. The van der Waals surface area contributed by atoms with E-state index in [2.05, 4.69) is 0 Å². The summed E-state index contributed by atoms with van der Waals surface area (Å²) < 4.78 is 15.1. The van der Waals surface area contributed by atoms with E-state index in [9.17, 15) is 9.90 Å². The molecule has 2 aliphatic rings. The molecule has 0 amide bonds. The molecule has 0 spiro atoms. The van der Waals surface area contributed by atoms with E-state index in [0.29, 0.717) is 0 Å². The third-order valence-electron chi connectivity index (χ3n) is 2.34. The van der Waals surface area contributed by atoms with Gasteiger partial charge in [-0.2, -0.15) is 0 Å². The van der Waals surface area contributed by atoms with E-state index in [-0.39, 0.29) is 12.4 Å². The van der Waals surface area contributed by atoms with Gasteiger partial charge in [0.15, 0.2) is 12.1 Å². The van der Waals surface area contributed by atoms with Crippen molar-refractivity contribution in [3.63, 3.8) is 0 Å². The summed E-state index contributed by atoms with van der Waals surface area (Å²) in [5.74, 6) is -0.263. The molecular formula is C8H12O6. The molecule has 6 heteroatoms. The van der Waals surface area contributed by atoms with Crippen LogP contribution in [-0.2, 0) is 19.0 Å². The molecular weight excluding hydrogens is 192 g/mol. The first-order valence-corrected chi connectivity index (χ1v) is 4.38. The van der Waals surface area contributed by atoms with E-state index in [1.807, 2.05) is 0 Å². The average molecular weight is 204 g/mol. The lowest BCUT2D eigenvalue weighted by Gasteiger charge is -2.31. The number of ketones is 1. The van der Waals surface area contributed by atoms with Crippen molar-refractivity contribution in [2.45, 2.75) is 37.8 Å². The molecule has 0 bridgehead atoms. The fourth-order valence-electron chi connectivity index (χ4n) is 1.58. The van der Waals surface area contributed by atoms with Crippen molar-refractivity contribution < 1.29 is 29.2 Å². The maximum atomic E-state index is 10.9. The van der Waals surface area contributed by atoms with Crippen molar-refractivity contribution in [2.24, 2.45) is 0 Å². The van der Waals surface area contributed by atoms with Crippen LogP contribution in [0.4, 0.5) is 0 Å². The van der Waals surface area contributed by atoms with Gasteiger partial charge in [0.2, 0.25) is 6.29 Å². The molecule has 0 aliphatic carbocycles. The summed E-state index contributed by atoms with van der Waals surface area (Å²) >= 11 is 0. The lowest BCUT2D eigenvalue weighted by atomic mass is 10.1. The van der Waals surface area contributed by atoms with Crippen molar-refractivity contribution in [3.05, 3.63) is 0 Å². The predicted octanol–water partition coefficient (Wildman–Crippen LogP) is -1.61. The highest BCUT2D eigenvalue weighted by molar-refractivity contribution is 5.79. The lowest BCUT2D eigenvalue weighted by Crippen LogP contribution is -2.51. The number of aliphatic hydroxyl groups is 2. The summed E-state index contributed by atoms with van der Waals surface area (Å²) in [5, 5.41) is 18.6. The summed E-state index contributed by atoms with van der Waals surface area (Å²) in [6.45, 7) is 1.46. The van der Waals surface area contributed by atoms with Gasteiger partial charge in [0.05, 0.1) is 6.61 Å². The molecule has 2 fully saturated rings. The highest BCUT2D eigenvalue weighted by Crippen LogP contribution is 2.28. The van der Waals surface area contributed by atoms with Gasteiger partial charge in [-0.15, -0.1) is 0 Å². The van der Waals surface area contributed by atoms with Gasteiger partial charge in [-0.1, -0.05) is 0 Å². The third-order valence-corrected chi connectivity index (χ3v) is 2.34. The van der Waals surface area contributed by atoms with E-state index in [1.165, 1.54) is 6.92 Å². The molecule has 2 saturated heterocycles. The highest BCUT2D eigenvalue weighted by Gasteiger charge is 2.48. The van der Waals surface area contributed by atoms with Crippen molar-refractivity contribution in [2.75, 3.05) is 6.61 Å². The van der Waals surface area contributed by atoms with E-state index in [4.69, 9.17) is 19.3 Å². The Balaban J connectivity index is 2.06. The smallest absolute Gasteiger partial charge is 0.218 e. The number of rotatable bonds is 1. The first kappa shape index (κ1) is 10.0. The van der Waals surface area contributed by atoms with E-state index in [0.717, 1.165) is 0 Å². The van der Waals surface area contributed by atoms with E-state index >= 15 is 0 Å². The number of fused-ring (bicyclic) bond motifs is 1. The second-order valence-corrected chi connectivity index (χ2v) is 3.43. The lowest BCUT2D eigenvalue weighted by molar-refractivity contribution is -0.229. The van der Waals surface area contributed by atoms with Crippen LogP contribution in [0.15, 0.2) is 0 Å². The SMILES string of the molecule is CC(=O)C1OC2COC(O)C(O)C2O1. The summed E-state index contributed by atoms with van der Waals surface area (Å²) in [6.07, 6.45) is -4.56. The Labute approximate surface area is 80.4 Å². The third kappa shape index (κ3) is 1.55. The molecule has 0 radical (unpaired) electrons. The van der Waals surface area contributed by atoms with Crippen LogP contribution in [0.5, 0.6) is 0 Å². The minimum atomic E-state index is -1.27. The number of carbonyl (C=O) groups excluding carboxylic acids is 1. The minimum Gasteiger partial charge on any atom is -0.385 e. The molecule has 5 atom stereocenters. The number of carbonyl (C=O) groups is 1. The zero-order valence-electron chi connectivity index (χ0n) is 7.62. The first-order valence-electron chi connectivity index (χ1n) is 4.38. The monoisotopic (exact) mass is 204 g/mol. The zero-order valence-corrected chi connectivity index (χ0v) is 7.62. The molecule has 2 rings (SSSR count). The van der Waals surface area contributed by atoms with Crippen LogP contribution in [0, 0.1) is 0 Å². The topological polar surface area (TPSA) is 85.2 Å². The molecule has 0 saturated carbocycles. The average Bonchev–Trinajstić information content (AvgIpc) is 2.56. The van der Waals surface area contributed by atoms with Crippen molar-refractivity contribution in [1.29, 1.82) is 0 Å².